The van der Waals surface area contributed by atoms with Gasteiger partial charge >= 0.3 is 12.5 Å². The van der Waals surface area contributed by atoms with E-state index in [1.165, 1.54) is 16.8 Å². The number of hydrogen-bond donors (Lipinski definition) is 1. The summed E-state index contributed by atoms with van der Waals surface area (Å²) in [7, 11) is 0. The zero-order valence-corrected chi connectivity index (χ0v) is 16.9. The van der Waals surface area contributed by atoms with Crippen molar-refractivity contribution >= 4 is 5.91 Å². The van der Waals surface area contributed by atoms with E-state index in [1.54, 1.807) is 0 Å². The summed E-state index contributed by atoms with van der Waals surface area (Å²) in [5, 5.41) is 6.81. The molecule has 1 aliphatic heterocycles. The minimum atomic E-state index is -4.98. The van der Waals surface area contributed by atoms with E-state index in [0.717, 1.165) is 12.3 Å². The van der Waals surface area contributed by atoms with Gasteiger partial charge in [-0.3, -0.25) is 9.48 Å². The fourth-order valence-corrected chi connectivity index (χ4v) is 3.52. The average Bonchev–Trinajstić information content (AvgIpc) is 3.17. The van der Waals surface area contributed by atoms with Crippen LogP contribution in [0.15, 0.2) is 36.7 Å². The van der Waals surface area contributed by atoms with Crippen molar-refractivity contribution in [3.63, 3.8) is 0 Å². The van der Waals surface area contributed by atoms with Crippen molar-refractivity contribution in [3.8, 4) is 17.1 Å². The molecule has 4 heterocycles. The first-order chi connectivity index (χ1) is 15.9. The van der Waals surface area contributed by atoms with Gasteiger partial charge in [0.2, 0.25) is 5.88 Å². The van der Waals surface area contributed by atoms with Crippen LogP contribution >= 0.6 is 0 Å². The van der Waals surface area contributed by atoms with Gasteiger partial charge in [0.25, 0.3) is 5.91 Å². The topological polar surface area (TPSA) is 81.9 Å². The van der Waals surface area contributed by atoms with Crippen LogP contribution in [0.3, 0.4) is 0 Å². The molecule has 0 saturated heterocycles. The van der Waals surface area contributed by atoms with Gasteiger partial charge in [0, 0.05) is 29.9 Å². The van der Waals surface area contributed by atoms with Crippen molar-refractivity contribution in [2.24, 2.45) is 0 Å². The van der Waals surface area contributed by atoms with Crippen LogP contribution in [-0.4, -0.2) is 32.0 Å². The fourth-order valence-electron chi connectivity index (χ4n) is 3.52. The molecule has 1 amide bonds. The number of nitrogens with zero attached hydrogens (tertiary/aromatic N) is 4. The number of rotatable bonds is 4. The van der Waals surface area contributed by atoms with E-state index in [0.29, 0.717) is 37.3 Å². The third-order valence-corrected chi connectivity index (χ3v) is 4.98. The number of halogens is 7. The second-order valence-electron chi connectivity index (χ2n) is 7.32. The molecular formula is C20H14F7N5O2. The van der Waals surface area contributed by atoms with Gasteiger partial charge in [-0.2, -0.15) is 18.3 Å². The predicted molar refractivity (Wildman–Crippen MR) is 101 cm³/mol. The van der Waals surface area contributed by atoms with Crippen LogP contribution in [-0.2, 0) is 12.7 Å². The minimum Gasteiger partial charge on any atom is -0.388 e. The van der Waals surface area contributed by atoms with Crippen LogP contribution in [0.2, 0.25) is 0 Å². The Morgan fingerprint density at radius 2 is 1.88 bits per heavy atom. The molecule has 1 aliphatic rings. The first-order valence-electron chi connectivity index (χ1n) is 9.74. The highest BCUT2D eigenvalue weighted by Crippen LogP contribution is 2.34. The van der Waals surface area contributed by atoms with Gasteiger partial charge in [-0.15, -0.1) is 13.2 Å². The van der Waals surface area contributed by atoms with Gasteiger partial charge < -0.3 is 10.1 Å². The first-order valence-corrected chi connectivity index (χ1v) is 9.74. The molecule has 0 aromatic carbocycles. The van der Waals surface area contributed by atoms with E-state index in [-0.39, 0.29) is 11.3 Å². The summed E-state index contributed by atoms with van der Waals surface area (Å²) in [6.07, 6.45) is -7.38. The number of ether oxygens (including phenoxy) is 1. The molecular weight excluding hydrogens is 475 g/mol. The van der Waals surface area contributed by atoms with Gasteiger partial charge in [0.1, 0.15) is 5.69 Å². The summed E-state index contributed by atoms with van der Waals surface area (Å²) in [5.74, 6) is -2.55. The number of fused-ring (bicyclic) bond motifs is 1. The smallest absolute Gasteiger partial charge is 0.388 e. The maximum absolute atomic E-state index is 14.2. The molecule has 0 aliphatic carbocycles. The van der Waals surface area contributed by atoms with Crippen molar-refractivity contribution in [2.45, 2.75) is 38.0 Å². The molecule has 4 rings (SSSR count). The SMILES string of the molecule is O=C(NC1CCCn2nc(-c3cc(C(F)(F)F)ncc3F)cc21)c1ccnc(OC(F)(F)F)c1. The molecule has 3 aromatic heterocycles. The molecule has 1 unspecified atom stereocenters. The summed E-state index contributed by atoms with van der Waals surface area (Å²) in [4.78, 5) is 19.1. The Labute approximate surface area is 186 Å². The highest BCUT2D eigenvalue weighted by molar-refractivity contribution is 5.94. The zero-order valence-electron chi connectivity index (χ0n) is 16.9. The van der Waals surface area contributed by atoms with E-state index in [9.17, 15) is 35.5 Å². The molecule has 0 radical (unpaired) electrons. The van der Waals surface area contributed by atoms with E-state index < -0.39 is 47.4 Å². The monoisotopic (exact) mass is 489 g/mol. The third-order valence-electron chi connectivity index (χ3n) is 4.98. The molecule has 0 fully saturated rings. The van der Waals surface area contributed by atoms with Crippen LogP contribution in [0.4, 0.5) is 30.7 Å². The van der Waals surface area contributed by atoms with Crippen molar-refractivity contribution in [3.05, 3.63) is 59.4 Å². The predicted octanol–water partition coefficient (Wildman–Crippen LogP) is 4.66. The lowest BCUT2D eigenvalue weighted by molar-refractivity contribution is -0.276. The Kier molecular flexibility index (Phi) is 5.91. The standard InChI is InChI=1S/C20H14F7N5O2/c21-12-9-29-16(19(22,23)24)7-11(12)14-8-15-13(2-1-5-32(15)31-14)30-18(33)10-3-4-28-17(6-10)34-20(25,26)27/h3-4,6-9,13H,1-2,5H2,(H,30,33). The highest BCUT2D eigenvalue weighted by atomic mass is 19.4. The number of hydrogen-bond acceptors (Lipinski definition) is 5. The molecule has 0 bridgehead atoms. The Morgan fingerprint density at radius 1 is 1.12 bits per heavy atom. The number of aromatic nitrogens is 4. The van der Waals surface area contributed by atoms with E-state index in [1.807, 2.05) is 0 Å². The molecule has 34 heavy (non-hydrogen) atoms. The number of aryl methyl sites for hydroxylation is 1. The van der Waals surface area contributed by atoms with E-state index in [2.05, 4.69) is 25.1 Å². The number of pyridine rings is 2. The van der Waals surface area contributed by atoms with Gasteiger partial charge in [-0.1, -0.05) is 0 Å². The summed E-state index contributed by atoms with van der Waals surface area (Å²) in [5.41, 5.74) is -1.51. The Hall–Kier alpha value is -3.71. The van der Waals surface area contributed by atoms with Crippen LogP contribution < -0.4 is 10.1 Å². The number of carbonyl (C=O) groups excluding carboxylic acids is 1. The maximum atomic E-state index is 14.2. The Bertz CT molecular complexity index is 1220. The number of alkyl halides is 6. The highest BCUT2D eigenvalue weighted by Gasteiger charge is 2.34. The summed E-state index contributed by atoms with van der Waals surface area (Å²) < 4.78 is 95.6. The first kappa shape index (κ1) is 23.4. The van der Waals surface area contributed by atoms with Crippen molar-refractivity contribution in [1.82, 2.24) is 25.1 Å². The van der Waals surface area contributed by atoms with Gasteiger partial charge in [0.05, 0.1) is 23.6 Å². The van der Waals surface area contributed by atoms with Gasteiger partial charge in [0.15, 0.2) is 5.82 Å². The van der Waals surface area contributed by atoms with Crippen molar-refractivity contribution in [2.75, 3.05) is 0 Å². The minimum absolute atomic E-state index is 0.0775. The van der Waals surface area contributed by atoms with Crippen LogP contribution in [0.1, 0.15) is 40.6 Å². The Balaban J connectivity index is 1.59. The number of amides is 1. The molecule has 1 atom stereocenters. The van der Waals surface area contributed by atoms with Crippen molar-refractivity contribution < 1.29 is 40.3 Å². The van der Waals surface area contributed by atoms with Gasteiger partial charge in [-0.25, -0.2) is 14.4 Å². The van der Waals surface area contributed by atoms with Crippen LogP contribution in [0.25, 0.3) is 11.3 Å². The summed E-state index contributed by atoms with van der Waals surface area (Å²) >= 11 is 0. The lowest BCUT2D eigenvalue weighted by Gasteiger charge is -2.24. The molecule has 1 N–H and O–H groups in total. The molecule has 3 aromatic rings. The number of carbonyl (C=O) groups is 1. The zero-order chi connectivity index (χ0) is 24.7. The molecule has 7 nitrogen and oxygen atoms in total. The number of nitrogens with one attached hydrogen (secondary N) is 1. The van der Waals surface area contributed by atoms with E-state index >= 15 is 0 Å². The Morgan fingerprint density at radius 3 is 2.59 bits per heavy atom. The molecule has 14 heteroatoms. The lowest BCUT2D eigenvalue weighted by atomic mass is 10.0. The second kappa shape index (κ2) is 8.57. The summed E-state index contributed by atoms with van der Waals surface area (Å²) in [6.45, 7) is 0.374. The second-order valence-corrected chi connectivity index (χ2v) is 7.32. The largest absolute Gasteiger partial charge is 0.574 e. The normalized spacial score (nSPS) is 16.1. The average molecular weight is 489 g/mol. The quantitative estimate of drug-likeness (QED) is 0.540. The van der Waals surface area contributed by atoms with Crippen LogP contribution in [0, 0.1) is 5.82 Å². The molecule has 0 spiro atoms. The van der Waals surface area contributed by atoms with Gasteiger partial charge in [-0.05, 0) is 31.0 Å². The third kappa shape index (κ3) is 5.10. The fraction of sp³-hybridized carbons (Fsp3) is 0.300. The molecule has 0 saturated carbocycles. The lowest BCUT2D eigenvalue weighted by Crippen LogP contribution is -2.32. The van der Waals surface area contributed by atoms with E-state index in [4.69, 9.17) is 0 Å². The maximum Gasteiger partial charge on any atom is 0.574 e. The van der Waals surface area contributed by atoms with Crippen molar-refractivity contribution in [1.29, 1.82) is 0 Å². The summed E-state index contributed by atoms with van der Waals surface area (Å²) in [6, 6.07) is 3.24. The molecule has 180 valence electrons. The van der Waals surface area contributed by atoms with Crippen LogP contribution in [0.5, 0.6) is 5.88 Å².